The second kappa shape index (κ2) is 14.2. The minimum Gasteiger partial charge on any atom is -1.00 e. The second-order valence-electron chi connectivity index (χ2n) is 5.63. The number of hydrogen-bond acceptors (Lipinski definition) is 0. The molecule has 2 aliphatic rings. The quantitative estimate of drug-likeness (QED) is 0.277. The van der Waals surface area contributed by atoms with E-state index in [-0.39, 0.29) is 34.0 Å². The zero-order chi connectivity index (χ0) is 11.8. The molecule has 19 heavy (non-hydrogen) atoms. The van der Waals surface area contributed by atoms with Crippen LogP contribution in [0.4, 0.5) is 0 Å². The number of rotatable bonds is 6. The zero-order valence-corrected chi connectivity index (χ0v) is 20.0. The van der Waals surface area contributed by atoms with Crippen LogP contribution in [0.2, 0.25) is 26.8 Å². The first-order valence-electron chi connectivity index (χ1n) is 7.73. The van der Waals surface area contributed by atoms with E-state index in [4.69, 9.17) is 0 Å². The molecule has 0 bridgehead atoms. The molecule has 2 aliphatic heterocycles. The van der Waals surface area contributed by atoms with E-state index >= 15 is 0 Å². The second-order valence-corrected chi connectivity index (χ2v) is 19.6. The van der Waals surface area contributed by atoms with Gasteiger partial charge in [0.05, 0.1) is 0 Å². The smallest absolute Gasteiger partial charge is 1.00 e. The van der Waals surface area contributed by atoms with Gasteiger partial charge in [-0.3, -0.25) is 0 Å². The molecule has 2 saturated heterocycles. The Balaban J connectivity index is 0.00000162. The fourth-order valence-corrected chi connectivity index (χ4v) is 17.0. The van der Waals surface area contributed by atoms with Crippen molar-refractivity contribution in [2.24, 2.45) is 0 Å². The molecule has 0 saturated carbocycles. The summed E-state index contributed by atoms with van der Waals surface area (Å²) in [6.45, 7) is 0. The molecular weight excluding hydrogens is 595 g/mol. The van der Waals surface area contributed by atoms with Crippen LogP contribution in [-0.4, -0.2) is 39.1 Å². The average molecular weight is 625 g/mol. The number of halogens is 2. The minimum absolute atomic E-state index is 0. The van der Waals surface area contributed by atoms with Crippen LogP contribution in [0.3, 0.4) is 0 Å². The van der Waals surface area contributed by atoms with E-state index in [0.29, 0.717) is 0 Å². The minimum atomic E-state index is -0.483. The molecule has 0 radical (unpaired) electrons. The Morgan fingerprint density at radius 1 is 0.474 bits per heavy atom. The van der Waals surface area contributed by atoms with E-state index in [1.165, 1.54) is 0 Å². The van der Waals surface area contributed by atoms with E-state index in [1.807, 2.05) is 0 Å². The maximum atomic E-state index is 1.74. The SMILES string of the molecule is C1CC[Te+](CCCCC[Te+]2CCCCC2)CC1.[Br-].[Br-]. The summed E-state index contributed by atoms with van der Waals surface area (Å²) in [6, 6.07) is 0. The van der Waals surface area contributed by atoms with Crippen molar-refractivity contribution in [1.82, 2.24) is 0 Å². The normalized spacial score (nSPS) is 21.5. The third kappa shape index (κ3) is 10.0. The van der Waals surface area contributed by atoms with Gasteiger partial charge < -0.3 is 34.0 Å². The Morgan fingerprint density at radius 2 is 0.842 bits per heavy atom. The Labute approximate surface area is 156 Å². The van der Waals surface area contributed by atoms with Crippen molar-refractivity contribution >= 4 is 39.1 Å². The molecule has 4 heteroatoms. The predicted octanol–water partition coefficient (Wildman–Crippen LogP) is -0.478. The molecule has 0 aromatic carbocycles. The van der Waals surface area contributed by atoms with Gasteiger partial charge in [0.15, 0.2) is 0 Å². The summed E-state index contributed by atoms with van der Waals surface area (Å²) < 4.78 is 10.4. The van der Waals surface area contributed by atoms with Crippen molar-refractivity contribution in [3.8, 4) is 0 Å². The Hall–Kier alpha value is 2.54. The molecule has 2 heterocycles. The van der Waals surface area contributed by atoms with Gasteiger partial charge in [0, 0.05) is 0 Å². The van der Waals surface area contributed by atoms with Gasteiger partial charge in [-0.15, -0.1) is 0 Å². The fourth-order valence-electron chi connectivity index (χ4n) is 2.98. The Kier molecular flexibility index (Phi) is 16.0. The molecular formula is C15H30Br2Te2. The van der Waals surface area contributed by atoms with Crippen LogP contribution in [0.5, 0.6) is 0 Å². The van der Waals surface area contributed by atoms with Crippen molar-refractivity contribution in [2.75, 3.05) is 0 Å². The van der Waals surface area contributed by atoms with Crippen LogP contribution in [0, 0.1) is 0 Å². The van der Waals surface area contributed by atoms with Gasteiger partial charge in [-0.05, 0) is 0 Å². The molecule has 0 N–H and O–H groups in total. The number of unbranched alkanes of at least 4 members (excludes halogenated alkanes) is 2. The van der Waals surface area contributed by atoms with Crippen LogP contribution in [0.25, 0.3) is 0 Å². The Bertz CT molecular complexity index is 171. The average Bonchev–Trinajstić information content (AvgIpc) is 2.41. The van der Waals surface area contributed by atoms with Crippen LogP contribution < -0.4 is 34.0 Å². The van der Waals surface area contributed by atoms with Gasteiger partial charge in [0.25, 0.3) is 0 Å². The first kappa shape index (κ1) is 21.5. The zero-order valence-electron chi connectivity index (χ0n) is 12.2. The molecule has 0 atom stereocenters. The van der Waals surface area contributed by atoms with Gasteiger partial charge in [0.2, 0.25) is 0 Å². The molecule has 0 aromatic rings. The van der Waals surface area contributed by atoms with Gasteiger partial charge in [-0.1, -0.05) is 0 Å². The van der Waals surface area contributed by atoms with Crippen molar-refractivity contribution < 1.29 is 34.0 Å². The fraction of sp³-hybridized carbons (Fsp3) is 1.00. The summed E-state index contributed by atoms with van der Waals surface area (Å²) in [5.74, 6) is 0. The predicted molar refractivity (Wildman–Crippen MR) is 81.9 cm³/mol. The molecule has 0 aromatic heterocycles. The third-order valence-corrected chi connectivity index (χ3v) is 18.9. The molecule has 2 fully saturated rings. The van der Waals surface area contributed by atoms with E-state index in [0.717, 1.165) is 0 Å². The first-order valence-corrected chi connectivity index (χ1v) is 17.6. The van der Waals surface area contributed by atoms with Crippen LogP contribution in [-0.2, 0) is 0 Å². The van der Waals surface area contributed by atoms with Gasteiger partial charge in [-0.25, -0.2) is 0 Å². The summed E-state index contributed by atoms with van der Waals surface area (Å²) in [5.41, 5.74) is 0. The summed E-state index contributed by atoms with van der Waals surface area (Å²) in [5, 5.41) is 0. The molecule has 2 rings (SSSR count). The molecule has 0 unspecified atom stereocenters. The van der Waals surface area contributed by atoms with Gasteiger partial charge >= 0.3 is 124 Å². The molecule has 0 aliphatic carbocycles. The molecule has 0 nitrogen and oxygen atoms in total. The first-order chi connectivity index (χ1) is 8.45. The third-order valence-electron chi connectivity index (χ3n) is 4.10. The van der Waals surface area contributed by atoms with E-state index in [1.54, 1.807) is 84.6 Å². The van der Waals surface area contributed by atoms with E-state index in [9.17, 15) is 0 Å². The van der Waals surface area contributed by atoms with Crippen molar-refractivity contribution in [1.29, 1.82) is 0 Å². The summed E-state index contributed by atoms with van der Waals surface area (Å²) in [4.78, 5) is 0. The summed E-state index contributed by atoms with van der Waals surface area (Å²) in [7, 11) is 0. The molecule has 0 spiro atoms. The van der Waals surface area contributed by atoms with Gasteiger partial charge in [0.1, 0.15) is 0 Å². The monoisotopic (exact) mass is 628 g/mol. The van der Waals surface area contributed by atoms with Crippen LogP contribution in [0.15, 0.2) is 0 Å². The largest absolute Gasteiger partial charge is 1.00 e. The topological polar surface area (TPSA) is 0 Å². The number of hydrogen-bond donors (Lipinski definition) is 0. The van der Waals surface area contributed by atoms with Crippen molar-refractivity contribution in [2.45, 2.75) is 84.6 Å². The van der Waals surface area contributed by atoms with Crippen molar-refractivity contribution in [3.63, 3.8) is 0 Å². The Morgan fingerprint density at radius 3 is 1.21 bits per heavy atom. The molecule has 116 valence electrons. The van der Waals surface area contributed by atoms with E-state index < -0.39 is 39.1 Å². The standard InChI is InChI=1S/C15H30Te2.2BrH/c1-4-10-16(11-5-1)14-8-3-9-15-17-12-6-2-7-13-17;;/h1-15H2;2*1H/q+2;;/p-2. The summed E-state index contributed by atoms with van der Waals surface area (Å²) >= 11 is -0.966. The van der Waals surface area contributed by atoms with Crippen molar-refractivity contribution in [3.05, 3.63) is 0 Å². The van der Waals surface area contributed by atoms with Crippen LogP contribution >= 0.6 is 0 Å². The maximum absolute atomic E-state index is 1.74. The van der Waals surface area contributed by atoms with E-state index in [2.05, 4.69) is 0 Å². The van der Waals surface area contributed by atoms with Gasteiger partial charge in [-0.2, -0.15) is 0 Å². The van der Waals surface area contributed by atoms with Crippen LogP contribution in [0.1, 0.15) is 57.8 Å². The maximum Gasteiger partial charge on any atom is -1.00 e. The summed E-state index contributed by atoms with van der Waals surface area (Å²) in [6.07, 6.45) is 14.4. The molecule has 0 amide bonds.